The molecule has 2 heterocycles. The average Bonchev–Trinajstić information content (AvgIpc) is 3.20. The van der Waals surface area contributed by atoms with Crippen molar-refractivity contribution < 1.29 is 14.0 Å². The van der Waals surface area contributed by atoms with Crippen molar-refractivity contribution in [2.24, 2.45) is 11.3 Å². The molecule has 0 bridgehead atoms. The van der Waals surface area contributed by atoms with E-state index in [-0.39, 0.29) is 24.3 Å². The second-order valence-electron chi connectivity index (χ2n) is 9.06. The molecule has 0 aliphatic carbocycles. The van der Waals surface area contributed by atoms with Crippen LogP contribution >= 0.6 is 11.6 Å². The highest BCUT2D eigenvalue weighted by molar-refractivity contribution is 6.33. The molecule has 1 aromatic heterocycles. The first kappa shape index (κ1) is 23.3. The van der Waals surface area contributed by atoms with Gasteiger partial charge in [0.05, 0.1) is 17.1 Å². The number of rotatable bonds is 6. The standard InChI is InChI=1S/C23H31ClN4O3/c1-5-12-28(15-19-25-26-20(31-19)17-8-6-7-9-18(17)24)21(29)16-10-13-27(14-11-16)22(30)23(2,3)4/h6-9,16H,5,10-15H2,1-4H3. The van der Waals surface area contributed by atoms with E-state index in [1.807, 2.05) is 50.8 Å². The molecule has 1 aliphatic heterocycles. The number of hydrogen-bond donors (Lipinski definition) is 0. The quantitative estimate of drug-likeness (QED) is 0.656. The van der Waals surface area contributed by atoms with Crippen LogP contribution in [0.4, 0.5) is 0 Å². The highest BCUT2D eigenvalue weighted by atomic mass is 35.5. The third kappa shape index (κ3) is 5.64. The number of halogens is 1. The molecule has 0 atom stereocenters. The van der Waals surface area contributed by atoms with Crippen LogP contribution in [0.25, 0.3) is 11.5 Å². The fourth-order valence-corrected chi connectivity index (χ4v) is 4.04. The summed E-state index contributed by atoms with van der Waals surface area (Å²) in [6, 6.07) is 7.28. The zero-order valence-corrected chi connectivity index (χ0v) is 19.5. The summed E-state index contributed by atoms with van der Waals surface area (Å²) >= 11 is 6.22. The topological polar surface area (TPSA) is 79.5 Å². The molecule has 1 aliphatic rings. The predicted molar refractivity (Wildman–Crippen MR) is 119 cm³/mol. The van der Waals surface area contributed by atoms with E-state index in [0.29, 0.717) is 54.8 Å². The van der Waals surface area contributed by atoms with Crippen molar-refractivity contribution >= 4 is 23.4 Å². The van der Waals surface area contributed by atoms with E-state index in [9.17, 15) is 9.59 Å². The predicted octanol–water partition coefficient (Wildman–Crippen LogP) is 4.41. The SMILES string of the molecule is CCCN(Cc1nnc(-c2ccccc2Cl)o1)C(=O)C1CCN(C(=O)C(C)(C)C)CC1. The van der Waals surface area contributed by atoms with Crippen LogP contribution in [-0.4, -0.2) is 51.4 Å². The van der Waals surface area contributed by atoms with Crippen LogP contribution < -0.4 is 0 Å². The summed E-state index contributed by atoms with van der Waals surface area (Å²) in [4.78, 5) is 29.4. The minimum atomic E-state index is -0.400. The van der Waals surface area contributed by atoms with E-state index in [1.165, 1.54) is 0 Å². The van der Waals surface area contributed by atoms with Crippen molar-refractivity contribution in [2.75, 3.05) is 19.6 Å². The van der Waals surface area contributed by atoms with Crippen LogP contribution in [0.2, 0.25) is 5.02 Å². The molecule has 1 aromatic carbocycles. The molecule has 0 N–H and O–H groups in total. The molecule has 3 rings (SSSR count). The van der Waals surface area contributed by atoms with Crippen LogP contribution in [0.1, 0.15) is 52.8 Å². The second kappa shape index (κ2) is 9.81. The Kier molecular flexibility index (Phi) is 7.36. The maximum Gasteiger partial charge on any atom is 0.249 e. The van der Waals surface area contributed by atoms with E-state index in [1.54, 1.807) is 11.0 Å². The molecule has 2 amide bonds. The van der Waals surface area contributed by atoms with Gasteiger partial charge in [-0.2, -0.15) is 0 Å². The van der Waals surface area contributed by atoms with Gasteiger partial charge in [0.25, 0.3) is 0 Å². The van der Waals surface area contributed by atoms with E-state index >= 15 is 0 Å². The van der Waals surface area contributed by atoms with E-state index < -0.39 is 5.41 Å². The Morgan fingerprint density at radius 3 is 2.48 bits per heavy atom. The van der Waals surface area contributed by atoms with Gasteiger partial charge in [0.2, 0.25) is 23.6 Å². The zero-order chi connectivity index (χ0) is 22.6. The normalized spacial score (nSPS) is 15.2. The third-order valence-electron chi connectivity index (χ3n) is 5.48. The van der Waals surface area contributed by atoms with E-state index in [0.717, 1.165) is 6.42 Å². The van der Waals surface area contributed by atoms with Crippen LogP contribution in [0.15, 0.2) is 28.7 Å². The molecule has 8 heteroatoms. The smallest absolute Gasteiger partial charge is 0.249 e. The molecular weight excluding hydrogens is 416 g/mol. The third-order valence-corrected chi connectivity index (χ3v) is 5.81. The molecule has 1 fully saturated rings. The molecule has 0 spiro atoms. The Morgan fingerprint density at radius 1 is 1.19 bits per heavy atom. The fourth-order valence-electron chi connectivity index (χ4n) is 3.82. The van der Waals surface area contributed by atoms with Gasteiger partial charge in [0.1, 0.15) is 0 Å². The van der Waals surface area contributed by atoms with Crippen molar-refractivity contribution in [1.82, 2.24) is 20.0 Å². The number of carbonyl (C=O) groups is 2. The lowest BCUT2D eigenvalue weighted by atomic mass is 9.90. The summed E-state index contributed by atoms with van der Waals surface area (Å²) < 4.78 is 5.80. The summed E-state index contributed by atoms with van der Waals surface area (Å²) in [7, 11) is 0. The summed E-state index contributed by atoms with van der Waals surface area (Å²) in [6.07, 6.45) is 2.18. The van der Waals surface area contributed by atoms with Gasteiger partial charge in [-0.15, -0.1) is 10.2 Å². The summed E-state index contributed by atoms with van der Waals surface area (Å²) in [5, 5.41) is 8.76. The van der Waals surface area contributed by atoms with Crippen LogP contribution in [0.3, 0.4) is 0 Å². The highest BCUT2D eigenvalue weighted by Gasteiger charge is 2.34. The van der Waals surface area contributed by atoms with Gasteiger partial charge in [-0.25, -0.2) is 0 Å². The first-order valence-electron chi connectivity index (χ1n) is 10.9. The maximum absolute atomic E-state index is 13.2. The number of nitrogens with zero attached hydrogens (tertiary/aromatic N) is 4. The van der Waals surface area contributed by atoms with Crippen LogP contribution in [0.5, 0.6) is 0 Å². The summed E-state index contributed by atoms with van der Waals surface area (Å²) in [5.41, 5.74) is 0.273. The molecule has 7 nitrogen and oxygen atoms in total. The molecule has 0 unspecified atom stereocenters. The second-order valence-corrected chi connectivity index (χ2v) is 9.46. The Morgan fingerprint density at radius 2 is 1.87 bits per heavy atom. The molecule has 1 saturated heterocycles. The lowest BCUT2D eigenvalue weighted by Gasteiger charge is -2.36. The molecule has 0 saturated carbocycles. The number of benzene rings is 1. The van der Waals surface area contributed by atoms with E-state index in [2.05, 4.69) is 10.2 Å². The van der Waals surface area contributed by atoms with Gasteiger partial charge in [-0.1, -0.05) is 51.4 Å². The maximum atomic E-state index is 13.2. The zero-order valence-electron chi connectivity index (χ0n) is 18.7. The fraction of sp³-hybridized carbons (Fsp3) is 0.565. The number of hydrogen-bond acceptors (Lipinski definition) is 5. The molecule has 2 aromatic rings. The number of amides is 2. The monoisotopic (exact) mass is 446 g/mol. The highest BCUT2D eigenvalue weighted by Crippen LogP contribution is 2.28. The van der Waals surface area contributed by atoms with Crippen molar-refractivity contribution in [2.45, 2.75) is 53.5 Å². The van der Waals surface area contributed by atoms with Crippen molar-refractivity contribution in [3.63, 3.8) is 0 Å². The Bertz CT molecular complexity index is 914. The van der Waals surface area contributed by atoms with Crippen LogP contribution in [-0.2, 0) is 16.1 Å². The van der Waals surface area contributed by atoms with Gasteiger partial charge in [-0.05, 0) is 31.4 Å². The van der Waals surface area contributed by atoms with Crippen LogP contribution in [0, 0.1) is 11.3 Å². The number of aromatic nitrogens is 2. The van der Waals surface area contributed by atoms with Gasteiger partial charge < -0.3 is 14.2 Å². The van der Waals surface area contributed by atoms with Gasteiger partial charge in [0.15, 0.2) is 0 Å². The summed E-state index contributed by atoms with van der Waals surface area (Å²) in [6.45, 7) is 9.93. The lowest BCUT2D eigenvalue weighted by Crippen LogP contribution is -2.47. The van der Waals surface area contributed by atoms with Gasteiger partial charge in [0, 0.05) is 31.0 Å². The van der Waals surface area contributed by atoms with Gasteiger partial charge >= 0.3 is 0 Å². The molecule has 0 radical (unpaired) electrons. The average molecular weight is 447 g/mol. The number of carbonyl (C=O) groups excluding carboxylic acids is 2. The Labute approximate surface area is 188 Å². The Hall–Kier alpha value is -2.41. The molecule has 168 valence electrons. The lowest BCUT2D eigenvalue weighted by molar-refractivity contribution is -0.145. The van der Waals surface area contributed by atoms with Crippen molar-refractivity contribution in [3.8, 4) is 11.5 Å². The first-order chi connectivity index (χ1) is 14.7. The van der Waals surface area contributed by atoms with Crippen molar-refractivity contribution in [3.05, 3.63) is 35.2 Å². The molecule has 31 heavy (non-hydrogen) atoms. The minimum absolute atomic E-state index is 0.0854. The largest absolute Gasteiger partial charge is 0.419 e. The minimum Gasteiger partial charge on any atom is -0.419 e. The molecular formula is C23H31ClN4O3. The summed E-state index contributed by atoms with van der Waals surface area (Å²) in [5.74, 6) is 0.862. The van der Waals surface area contributed by atoms with E-state index in [4.69, 9.17) is 16.0 Å². The first-order valence-corrected chi connectivity index (χ1v) is 11.2. The Balaban J connectivity index is 1.64. The number of likely N-dealkylation sites (tertiary alicyclic amines) is 1. The number of piperidine rings is 1. The van der Waals surface area contributed by atoms with Crippen molar-refractivity contribution in [1.29, 1.82) is 0 Å². The van der Waals surface area contributed by atoms with Gasteiger partial charge in [-0.3, -0.25) is 9.59 Å².